The fourth-order valence-corrected chi connectivity index (χ4v) is 2.99. The van der Waals surface area contributed by atoms with Crippen molar-refractivity contribution < 1.29 is 9.47 Å². The Morgan fingerprint density at radius 1 is 1.21 bits per heavy atom. The van der Waals surface area contributed by atoms with Gasteiger partial charge in [0.05, 0.1) is 12.7 Å². The molecule has 1 aromatic rings. The van der Waals surface area contributed by atoms with Crippen LogP contribution < -0.4 is 10.6 Å². The Balaban J connectivity index is 1.61. The maximum Gasteiger partial charge on any atom is 0.191 e. The first-order valence-electron chi connectivity index (χ1n) is 9.06. The second kappa shape index (κ2) is 11.0. The van der Waals surface area contributed by atoms with Crippen molar-refractivity contribution in [2.24, 2.45) is 4.99 Å². The van der Waals surface area contributed by atoms with Gasteiger partial charge in [-0.25, -0.2) is 0 Å². The van der Waals surface area contributed by atoms with Crippen LogP contribution >= 0.6 is 0 Å². The van der Waals surface area contributed by atoms with Gasteiger partial charge in [-0.1, -0.05) is 24.3 Å². The van der Waals surface area contributed by atoms with Gasteiger partial charge in [0.2, 0.25) is 0 Å². The standard InChI is InChI=1S/C19H31N3O2/c1-3-23-15-13-22-19(20-2)21-12-7-14-24-18-11-6-9-16-8-4-5-10-17(16)18/h4-5,8,10,18H,3,6-7,9,11-15H2,1-2H3,(H2,20,21,22). The molecule has 0 amide bonds. The zero-order chi connectivity index (χ0) is 17.0. The van der Waals surface area contributed by atoms with E-state index in [1.807, 2.05) is 6.92 Å². The van der Waals surface area contributed by atoms with Gasteiger partial charge < -0.3 is 20.1 Å². The molecule has 1 unspecified atom stereocenters. The molecular weight excluding hydrogens is 302 g/mol. The Hall–Kier alpha value is -1.59. The van der Waals surface area contributed by atoms with Gasteiger partial charge in [0.15, 0.2) is 5.96 Å². The number of rotatable bonds is 9. The molecule has 0 aromatic heterocycles. The topological polar surface area (TPSA) is 54.9 Å². The van der Waals surface area contributed by atoms with E-state index in [4.69, 9.17) is 9.47 Å². The van der Waals surface area contributed by atoms with E-state index in [9.17, 15) is 0 Å². The van der Waals surface area contributed by atoms with Crippen LogP contribution in [0.15, 0.2) is 29.3 Å². The molecule has 134 valence electrons. The highest BCUT2D eigenvalue weighted by atomic mass is 16.5. The molecule has 1 aromatic carbocycles. The van der Waals surface area contributed by atoms with Gasteiger partial charge in [0.1, 0.15) is 0 Å². The van der Waals surface area contributed by atoms with E-state index in [0.717, 1.165) is 45.1 Å². The third-order valence-electron chi connectivity index (χ3n) is 4.21. The Bertz CT molecular complexity index is 505. The lowest BCUT2D eigenvalue weighted by Crippen LogP contribution is -2.39. The highest BCUT2D eigenvalue weighted by Crippen LogP contribution is 2.32. The molecule has 2 N–H and O–H groups in total. The highest BCUT2D eigenvalue weighted by Gasteiger charge is 2.19. The number of aliphatic imine (C=N–C) groups is 1. The van der Waals surface area contributed by atoms with E-state index in [0.29, 0.717) is 6.61 Å². The van der Waals surface area contributed by atoms with Crippen molar-refractivity contribution in [1.82, 2.24) is 10.6 Å². The molecule has 2 rings (SSSR count). The smallest absolute Gasteiger partial charge is 0.191 e. The van der Waals surface area contributed by atoms with Crippen molar-refractivity contribution in [2.45, 2.75) is 38.7 Å². The molecule has 1 aliphatic carbocycles. The Labute approximate surface area is 145 Å². The monoisotopic (exact) mass is 333 g/mol. The van der Waals surface area contributed by atoms with Crippen LogP contribution in [0.1, 0.15) is 43.4 Å². The summed E-state index contributed by atoms with van der Waals surface area (Å²) < 4.78 is 11.4. The van der Waals surface area contributed by atoms with Crippen molar-refractivity contribution in [3.8, 4) is 0 Å². The summed E-state index contributed by atoms with van der Waals surface area (Å²) in [5, 5.41) is 6.54. The van der Waals surface area contributed by atoms with Crippen LogP contribution in [0.5, 0.6) is 0 Å². The molecule has 0 spiro atoms. The zero-order valence-corrected chi connectivity index (χ0v) is 15.0. The lowest BCUT2D eigenvalue weighted by Gasteiger charge is -2.25. The molecule has 0 fully saturated rings. The molecule has 5 nitrogen and oxygen atoms in total. The zero-order valence-electron chi connectivity index (χ0n) is 15.0. The molecule has 0 radical (unpaired) electrons. The number of nitrogens with one attached hydrogen (secondary N) is 2. The number of hydrogen-bond acceptors (Lipinski definition) is 3. The van der Waals surface area contributed by atoms with Gasteiger partial charge in [-0.2, -0.15) is 0 Å². The Morgan fingerprint density at radius 2 is 2.04 bits per heavy atom. The predicted molar refractivity (Wildman–Crippen MR) is 98.5 cm³/mol. The van der Waals surface area contributed by atoms with Crippen LogP contribution in [0.25, 0.3) is 0 Å². The van der Waals surface area contributed by atoms with Gasteiger partial charge in [-0.05, 0) is 43.7 Å². The van der Waals surface area contributed by atoms with Crippen molar-refractivity contribution >= 4 is 5.96 Å². The van der Waals surface area contributed by atoms with E-state index >= 15 is 0 Å². The molecule has 1 atom stereocenters. The van der Waals surface area contributed by atoms with Crippen LogP contribution in [-0.2, 0) is 15.9 Å². The third-order valence-corrected chi connectivity index (χ3v) is 4.21. The first-order chi connectivity index (χ1) is 11.8. The first kappa shape index (κ1) is 18.7. The third kappa shape index (κ3) is 6.13. The second-order valence-corrected chi connectivity index (χ2v) is 5.93. The molecule has 0 saturated heterocycles. The van der Waals surface area contributed by atoms with Crippen LogP contribution in [0.4, 0.5) is 0 Å². The lowest BCUT2D eigenvalue weighted by molar-refractivity contribution is 0.0398. The van der Waals surface area contributed by atoms with Crippen molar-refractivity contribution in [3.05, 3.63) is 35.4 Å². The SMILES string of the molecule is CCOCCNC(=NC)NCCCOC1CCCc2ccccc21. The molecule has 1 aliphatic rings. The Morgan fingerprint density at radius 3 is 2.88 bits per heavy atom. The van der Waals surface area contributed by atoms with Crippen LogP contribution in [-0.4, -0.2) is 45.9 Å². The average molecular weight is 333 g/mol. The molecule has 24 heavy (non-hydrogen) atoms. The molecule has 0 bridgehead atoms. The summed E-state index contributed by atoms with van der Waals surface area (Å²) in [4.78, 5) is 4.20. The summed E-state index contributed by atoms with van der Waals surface area (Å²) in [6.07, 6.45) is 4.76. The molecule has 5 heteroatoms. The number of guanidine groups is 1. The minimum atomic E-state index is 0.263. The van der Waals surface area contributed by atoms with E-state index in [1.54, 1.807) is 7.05 Å². The minimum absolute atomic E-state index is 0.263. The van der Waals surface area contributed by atoms with Crippen LogP contribution in [0, 0.1) is 0 Å². The van der Waals surface area contributed by atoms with Gasteiger partial charge in [-0.3, -0.25) is 4.99 Å². The van der Waals surface area contributed by atoms with E-state index < -0.39 is 0 Å². The highest BCUT2D eigenvalue weighted by molar-refractivity contribution is 5.79. The molecule has 0 heterocycles. The quantitative estimate of drug-likeness (QED) is 0.414. The van der Waals surface area contributed by atoms with Gasteiger partial charge >= 0.3 is 0 Å². The predicted octanol–water partition coefficient (Wildman–Crippen LogP) is 2.67. The summed E-state index contributed by atoms with van der Waals surface area (Å²) in [7, 11) is 1.78. The lowest BCUT2D eigenvalue weighted by atomic mass is 9.89. The number of nitrogens with zero attached hydrogens (tertiary/aromatic N) is 1. The van der Waals surface area contributed by atoms with Crippen LogP contribution in [0.2, 0.25) is 0 Å². The number of hydrogen-bond donors (Lipinski definition) is 2. The van der Waals surface area contributed by atoms with Crippen LogP contribution in [0.3, 0.4) is 0 Å². The first-order valence-corrected chi connectivity index (χ1v) is 9.06. The summed E-state index contributed by atoms with van der Waals surface area (Å²) >= 11 is 0. The van der Waals surface area contributed by atoms with E-state index in [1.165, 1.54) is 24.0 Å². The summed E-state index contributed by atoms with van der Waals surface area (Å²) in [5.41, 5.74) is 2.83. The molecule has 0 aliphatic heterocycles. The minimum Gasteiger partial charge on any atom is -0.380 e. The average Bonchev–Trinajstić information content (AvgIpc) is 2.63. The van der Waals surface area contributed by atoms with E-state index in [-0.39, 0.29) is 6.10 Å². The number of ether oxygens (including phenoxy) is 2. The van der Waals surface area contributed by atoms with Crippen molar-refractivity contribution in [3.63, 3.8) is 0 Å². The van der Waals surface area contributed by atoms with Crippen molar-refractivity contribution in [1.29, 1.82) is 0 Å². The second-order valence-electron chi connectivity index (χ2n) is 5.93. The van der Waals surface area contributed by atoms with Crippen molar-refractivity contribution in [2.75, 3.05) is 40.0 Å². The fourth-order valence-electron chi connectivity index (χ4n) is 2.99. The summed E-state index contributed by atoms with van der Waals surface area (Å²) in [6.45, 7) is 5.82. The number of aryl methyl sites for hydroxylation is 1. The summed E-state index contributed by atoms with van der Waals surface area (Å²) in [6, 6.07) is 8.67. The molecular formula is C19H31N3O2. The normalized spacial score (nSPS) is 17.4. The Kier molecular flexibility index (Phi) is 8.63. The van der Waals surface area contributed by atoms with E-state index in [2.05, 4.69) is 39.9 Å². The maximum absolute atomic E-state index is 6.12. The number of fused-ring (bicyclic) bond motifs is 1. The van der Waals surface area contributed by atoms with Gasteiger partial charge in [0.25, 0.3) is 0 Å². The maximum atomic E-state index is 6.12. The largest absolute Gasteiger partial charge is 0.380 e. The van der Waals surface area contributed by atoms with Gasteiger partial charge in [0, 0.05) is 33.4 Å². The molecule has 0 saturated carbocycles. The fraction of sp³-hybridized carbons (Fsp3) is 0.632. The summed E-state index contributed by atoms with van der Waals surface area (Å²) in [5.74, 6) is 0.817. The number of benzene rings is 1. The van der Waals surface area contributed by atoms with Gasteiger partial charge in [-0.15, -0.1) is 0 Å².